The second kappa shape index (κ2) is 2.57. The lowest BCUT2D eigenvalue weighted by Gasteiger charge is -1.99. The number of nitroso groups, excluding NO2 is 1. The summed E-state index contributed by atoms with van der Waals surface area (Å²) >= 11 is 0. The molecule has 4 heteroatoms. The lowest BCUT2D eigenvalue weighted by Crippen LogP contribution is -1.74. The molecule has 58 valence electrons. The number of aryl methyl sites for hydroxylation is 1. The van der Waals surface area contributed by atoms with Crippen LogP contribution < -0.4 is 0 Å². The van der Waals surface area contributed by atoms with E-state index in [0.29, 0.717) is 5.56 Å². The van der Waals surface area contributed by atoms with Gasteiger partial charge in [0.2, 0.25) is 0 Å². The molecule has 0 aromatic heterocycles. The van der Waals surface area contributed by atoms with Gasteiger partial charge >= 0.3 is 0 Å². The molecule has 11 heavy (non-hydrogen) atoms. The molecule has 1 aromatic rings. The number of benzene rings is 1. The van der Waals surface area contributed by atoms with Gasteiger partial charge in [0.1, 0.15) is 11.5 Å². The molecule has 0 heterocycles. The van der Waals surface area contributed by atoms with Gasteiger partial charge < -0.3 is 10.2 Å². The van der Waals surface area contributed by atoms with Gasteiger partial charge in [0.15, 0.2) is 5.69 Å². The van der Waals surface area contributed by atoms with Crippen molar-refractivity contribution in [2.75, 3.05) is 0 Å². The Balaban J connectivity index is 3.36. The SMILES string of the molecule is Cc1cc(O)c(N=O)c(O)c1. The van der Waals surface area contributed by atoms with Gasteiger partial charge in [-0.05, 0) is 29.8 Å². The molecule has 0 unspecified atom stereocenters. The quantitative estimate of drug-likeness (QED) is 0.604. The van der Waals surface area contributed by atoms with E-state index in [9.17, 15) is 4.91 Å². The Morgan fingerprint density at radius 1 is 1.27 bits per heavy atom. The standard InChI is InChI=1S/C7H7NO3/c1-4-2-5(9)7(8-11)6(10)3-4/h2-3,9-10H,1H3. The number of rotatable bonds is 1. The molecule has 0 atom stereocenters. The fourth-order valence-corrected chi connectivity index (χ4v) is 0.834. The van der Waals surface area contributed by atoms with Crippen LogP contribution in [0.15, 0.2) is 17.3 Å². The van der Waals surface area contributed by atoms with Gasteiger partial charge in [-0.2, -0.15) is 0 Å². The second-order valence-corrected chi connectivity index (χ2v) is 2.24. The highest BCUT2D eigenvalue weighted by Crippen LogP contribution is 2.36. The maximum absolute atomic E-state index is 9.99. The van der Waals surface area contributed by atoms with E-state index in [1.807, 2.05) is 0 Å². The minimum Gasteiger partial charge on any atom is -0.505 e. The summed E-state index contributed by atoms with van der Waals surface area (Å²) in [6.07, 6.45) is 0. The van der Waals surface area contributed by atoms with E-state index in [1.54, 1.807) is 6.92 Å². The Hall–Kier alpha value is -1.58. The first-order chi connectivity index (χ1) is 5.15. The number of hydrogen-bond donors (Lipinski definition) is 2. The zero-order valence-electron chi connectivity index (χ0n) is 5.90. The molecule has 2 N–H and O–H groups in total. The molecule has 0 bridgehead atoms. The van der Waals surface area contributed by atoms with Gasteiger partial charge in [-0.15, -0.1) is 4.91 Å². The summed E-state index contributed by atoms with van der Waals surface area (Å²) in [6.45, 7) is 1.69. The van der Waals surface area contributed by atoms with Crippen molar-refractivity contribution in [1.29, 1.82) is 0 Å². The Kier molecular flexibility index (Phi) is 1.76. The first-order valence-electron chi connectivity index (χ1n) is 3.01. The van der Waals surface area contributed by atoms with Crippen LogP contribution in [0.4, 0.5) is 5.69 Å². The molecule has 1 aromatic carbocycles. The fourth-order valence-electron chi connectivity index (χ4n) is 0.834. The summed E-state index contributed by atoms with van der Waals surface area (Å²) in [5.41, 5.74) is 0.364. The molecule has 0 aliphatic heterocycles. The first-order valence-corrected chi connectivity index (χ1v) is 3.01. The van der Waals surface area contributed by atoms with Gasteiger partial charge in [-0.3, -0.25) is 0 Å². The van der Waals surface area contributed by atoms with Gasteiger partial charge in [0.25, 0.3) is 0 Å². The summed E-state index contributed by atoms with van der Waals surface area (Å²) in [5, 5.41) is 20.5. The minimum atomic E-state index is -0.310. The van der Waals surface area contributed by atoms with Crippen molar-refractivity contribution in [3.8, 4) is 11.5 Å². The maximum atomic E-state index is 9.99. The molecule has 0 spiro atoms. The molecule has 0 aliphatic carbocycles. The van der Waals surface area contributed by atoms with E-state index in [4.69, 9.17) is 10.2 Å². The predicted molar refractivity (Wildman–Crippen MR) is 40.0 cm³/mol. The average Bonchev–Trinajstić information content (AvgIpc) is 1.85. The van der Waals surface area contributed by atoms with Crippen molar-refractivity contribution in [1.82, 2.24) is 0 Å². The smallest absolute Gasteiger partial charge is 0.191 e. The van der Waals surface area contributed by atoms with E-state index in [1.165, 1.54) is 12.1 Å². The van der Waals surface area contributed by atoms with Crippen LogP contribution in [0.5, 0.6) is 11.5 Å². The zero-order chi connectivity index (χ0) is 8.43. The van der Waals surface area contributed by atoms with Crippen LogP contribution in [0, 0.1) is 11.8 Å². The Bertz CT molecular complexity index is 273. The Labute approximate surface area is 63.1 Å². The molecule has 1 rings (SSSR count). The summed E-state index contributed by atoms with van der Waals surface area (Å²) in [6, 6.07) is 2.72. The molecular formula is C7H7NO3. The molecule has 0 radical (unpaired) electrons. The Morgan fingerprint density at radius 2 is 1.73 bits per heavy atom. The summed E-state index contributed by atoms with van der Waals surface area (Å²) < 4.78 is 0. The van der Waals surface area contributed by atoms with Crippen molar-refractivity contribution < 1.29 is 10.2 Å². The summed E-state index contributed by atoms with van der Waals surface area (Å²) in [5.74, 6) is -0.588. The maximum Gasteiger partial charge on any atom is 0.191 e. The molecule has 0 aliphatic rings. The normalized spacial score (nSPS) is 9.55. The minimum absolute atomic E-state index is 0.294. The van der Waals surface area contributed by atoms with Crippen LogP contribution in [0.25, 0.3) is 0 Å². The van der Waals surface area contributed by atoms with Gasteiger partial charge in [0, 0.05) is 0 Å². The lowest BCUT2D eigenvalue weighted by atomic mass is 10.2. The predicted octanol–water partition coefficient (Wildman–Crippen LogP) is 1.80. The van der Waals surface area contributed by atoms with Crippen molar-refractivity contribution in [3.05, 3.63) is 22.6 Å². The third-order valence-corrected chi connectivity index (χ3v) is 1.31. The van der Waals surface area contributed by atoms with E-state index in [0.717, 1.165) is 0 Å². The van der Waals surface area contributed by atoms with Crippen molar-refractivity contribution >= 4 is 5.69 Å². The second-order valence-electron chi connectivity index (χ2n) is 2.24. The fraction of sp³-hybridized carbons (Fsp3) is 0.143. The topological polar surface area (TPSA) is 69.9 Å². The third-order valence-electron chi connectivity index (χ3n) is 1.31. The number of hydrogen-bond acceptors (Lipinski definition) is 4. The van der Waals surface area contributed by atoms with Crippen LogP contribution in [0.3, 0.4) is 0 Å². The van der Waals surface area contributed by atoms with Crippen molar-refractivity contribution in [2.24, 2.45) is 5.18 Å². The van der Waals surface area contributed by atoms with Crippen LogP contribution in [-0.4, -0.2) is 10.2 Å². The Morgan fingerprint density at radius 3 is 2.09 bits per heavy atom. The van der Waals surface area contributed by atoms with E-state index < -0.39 is 0 Å². The summed E-state index contributed by atoms with van der Waals surface area (Å²) in [4.78, 5) is 9.99. The molecule has 4 nitrogen and oxygen atoms in total. The van der Waals surface area contributed by atoms with Gasteiger partial charge in [-0.25, -0.2) is 0 Å². The average molecular weight is 153 g/mol. The van der Waals surface area contributed by atoms with Crippen LogP contribution in [-0.2, 0) is 0 Å². The molecular weight excluding hydrogens is 146 g/mol. The van der Waals surface area contributed by atoms with Crippen LogP contribution in [0.2, 0.25) is 0 Å². The summed E-state index contributed by atoms with van der Waals surface area (Å²) in [7, 11) is 0. The molecule has 0 fully saturated rings. The third kappa shape index (κ3) is 1.29. The zero-order valence-corrected chi connectivity index (χ0v) is 5.90. The van der Waals surface area contributed by atoms with Crippen molar-refractivity contribution in [3.63, 3.8) is 0 Å². The molecule has 0 saturated carbocycles. The van der Waals surface area contributed by atoms with E-state index in [-0.39, 0.29) is 17.2 Å². The number of phenolic OH excluding ortho intramolecular Hbond substituents is 2. The number of phenols is 2. The number of nitrogens with zero attached hydrogens (tertiary/aromatic N) is 1. The van der Waals surface area contributed by atoms with Crippen LogP contribution >= 0.6 is 0 Å². The molecule has 0 saturated heterocycles. The van der Waals surface area contributed by atoms with Crippen LogP contribution in [0.1, 0.15) is 5.56 Å². The monoisotopic (exact) mass is 153 g/mol. The largest absolute Gasteiger partial charge is 0.505 e. The highest BCUT2D eigenvalue weighted by molar-refractivity contribution is 5.61. The molecule has 0 amide bonds. The van der Waals surface area contributed by atoms with Gasteiger partial charge in [0.05, 0.1) is 0 Å². The van der Waals surface area contributed by atoms with Gasteiger partial charge in [-0.1, -0.05) is 0 Å². The van der Waals surface area contributed by atoms with E-state index >= 15 is 0 Å². The lowest BCUT2D eigenvalue weighted by molar-refractivity contribution is 0.452. The highest BCUT2D eigenvalue weighted by atomic mass is 16.3. The van der Waals surface area contributed by atoms with E-state index in [2.05, 4.69) is 5.18 Å². The number of aromatic hydroxyl groups is 2. The van der Waals surface area contributed by atoms with Crippen molar-refractivity contribution in [2.45, 2.75) is 6.92 Å². The first kappa shape index (κ1) is 7.53. The highest BCUT2D eigenvalue weighted by Gasteiger charge is 2.07.